The van der Waals surface area contributed by atoms with Crippen LogP contribution in [0, 0.1) is 0 Å². The molecule has 0 N–H and O–H groups in total. The summed E-state index contributed by atoms with van der Waals surface area (Å²) in [5, 5.41) is 4.23. The molecule has 5 nitrogen and oxygen atoms in total. The van der Waals surface area contributed by atoms with Crippen molar-refractivity contribution >= 4 is 5.78 Å². The molecule has 2 rings (SSSR count). The topological polar surface area (TPSA) is 53.4 Å². The van der Waals surface area contributed by atoms with Crippen LogP contribution in [0.1, 0.15) is 55.9 Å². The lowest BCUT2D eigenvalue weighted by molar-refractivity contribution is -0.00792. The quantitative estimate of drug-likeness (QED) is 0.615. The largest absolute Gasteiger partial charge is 0.493 e. The second-order valence-electron chi connectivity index (χ2n) is 5.32. The smallest absolute Gasteiger partial charge is 0.216 e. The van der Waals surface area contributed by atoms with Crippen LogP contribution in [-0.2, 0) is 11.3 Å². The highest BCUT2D eigenvalue weighted by molar-refractivity contribution is 6.03. The maximum absolute atomic E-state index is 13.1. The van der Waals surface area contributed by atoms with Crippen LogP contribution in [0.5, 0.6) is 5.75 Å². The third-order valence-corrected chi connectivity index (χ3v) is 4.26. The van der Waals surface area contributed by atoms with E-state index in [1.54, 1.807) is 25.1 Å². The summed E-state index contributed by atoms with van der Waals surface area (Å²) < 4.78 is 12.7. The highest BCUT2D eigenvalue weighted by Crippen LogP contribution is 2.35. The molecule has 20 heavy (non-hydrogen) atoms. The molecule has 0 saturated heterocycles. The Labute approximate surface area is 120 Å². The summed E-state index contributed by atoms with van der Waals surface area (Å²) in [7, 11) is 3.21. The minimum Gasteiger partial charge on any atom is -0.493 e. The van der Waals surface area contributed by atoms with Crippen LogP contribution in [0.3, 0.4) is 0 Å². The predicted molar refractivity (Wildman–Crippen MR) is 76.2 cm³/mol. The molecule has 5 heteroatoms. The molecule has 112 valence electrons. The summed E-state index contributed by atoms with van der Waals surface area (Å²) in [4.78, 5) is 13.1. The summed E-state index contributed by atoms with van der Waals surface area (Å²) in [6.45, 7) is 2.61. The van der Waals surface area contributed by atoms with E-state index in [-0.39, 0.29) is 5.78 Å². The third-order valence-electron chi connectivity index (χ3n) is 4.26. The Balaban J connectivity index is 2.39. The Morgan fingerprint density at radius 3 is 2.45 bits per heavy atom. The van der Waals surface area contributed by atoms with Crippen LogP contribution in [0.15, 0.2) is 6.20 Å². The number of hydrogen-bond acceptors (Lipinski definition) is 4. The first kappa shape index (κ1) is 15.0. The van der Waals surface area contributed by atoms with Gasteiger partial charge in [-0.2, -0.15) is 5.10 Å². The lowest BCUT2D eigenvalue weighted by Gasteiger charge is -2.30. The third kappa shape index (κ3) is 2.59. The zero-order chi connectivity index (χ0) is 14.6. The van der Waals surface area contributed by atoms with E-state index in [0.29, 0.717) is 18.0 Å². The highest BCUT2D eigenvalue weighted by Gasteiger charge is 2.42. The number of aryl methyl sites for hydroxylation is 1. The number of rotatable bonds is 5. The van der Waals surface area contributed by atoms with Crippen molar-refractivity contribution in [2.75, 3.05) is 14.2 Å². The van der Waals surface area contributed by atoms with Gasteiger partial charge in [-0.15, -0.1) is 0 Å². The van der Waals surface area contributed by atoms with E-state index in [4.69, 9.17) is 9.47 Å². The molecule has 0 spiro atoms. The van der Waals surface area contributed by atoms with Gasteiger partial charge in [0, 0.05) is 13.7 Å². The molecule has 1 saturated carbocycles. The SMILES string of the molecule is CCn1ncc(OC)c1C(=O)C1(OC)CCCCCC1. The van der Waals surface area contributed by atoms with E-state index in [0.717, 1.165) is 25.7 Å². The second-order valence-corrected chi connectivity index (χ2v) is 5.32. The monoisotopic (exact) mass is 280 g/mol. The predicted octanol–water partition coefficient (Wildman–Crippen LogP) is 2.83. The number of ketones is 1. The molecule has 1 aliphatic carbocycles. The molecule has 0 bridgehead atoms. The number of nitrogens with zero attached hydrogens (tertiary/aromatic N) is 2. The van der Waals surface area contributed by atoms with E-state index >= 15 is 0 Å². The average molecular weight is 280 g/mol. The Bertz CT molecular complexity index is 438. The second kappa shape index (κ2) is 6.39. The van der Waals surface area contributed by atoms with E-state index in [1.165, 1.54) is 12.8 Å². The Morgan fingerprint density at radius 2 is 1.95 bits per heavy atom. The molecule has 1 aromatic heterocycles. The molecule has 1 fully saturated rings. The van der Waals surface area contributed by atoms with Gasteiger partial charge in [0.1, 0.15) is 11.3 Å². The first-order valence-electron chi connectivity index (χ1n) is 7.38. The van der Waals surface area contributed by atoms with Crippen molar-refractivity contribution < 1.29 is 14.3 Å². The van der Waals surface area contributed by atoms with Gasteiger partial charge in [-0.1, -0.05) is 25.7 Å². The van der Waals surface area contributed by atoms with Crippen LogP contribution in [0.4, 0.5) is 0 Å². The van der Waals surface area contributed by atoms with Crippen LogP contribution in [0.2, 0.25) is 0 Å². The summed E-state index contributed by atoms with van der Waals surface area (Å²) in [5.74, 6) is 0.552. The van der Waals surface area contributed by atoms with E-state index < -0.39 is 5.60 Å². The van der Waals surface area contributed by atoms with Gasteiger partial charge in [-0.05, 0) is 19.8 Å². The minimum absolute atomic E-state index is 0.0121. The Kier molecular flexibility index (Phi) is 4.81. The standard InChI is InChI=1S/C15H24N2O3/c1-4-17-13(12(19-2)11-16-17)14(18)15(20-3)9-7-5-6-8-10-15/h11H,4-10H2,1-3H3. The van der Waals surface area contributed by atoms with Crippen molar-refractivity contribution in [2.24, 2.45) is 0 Å². The zero-order valence-electron chi connectivity index (χ0n) is 12.6. The van der Waals surface area contributed by atoms with Gasteiger partial charge < -0.3 is 9.47 Å². The summed E-state index contributed by atoms with van der Waals surface area (Å²) in [5.41, 5.74) is -0.171. The normalized spacial score (nSPS) is 18.6. The number of Topliss-reactive ketones (excluding diaryl/α,β-unsaturated/α-hetero) is 1. The highest BCUT2D eigenvalue weighted by atomic mass is 16.5. The van der Waals surface area contributed by atoms with Crippen LogP contribution in [-0.4, -0.2) is 35.4 Å². The first-order chi connectivity index (χ1) is 9.68. The molecular formula is C15H24N2O3. The molecule has 0 unspecified atom stereocenters. The maximum Gasteiger partial charge on any atom is 0.216 e. The van der Waals surface area contributed by atoms with E-state index in [1.807, 2.05) is 6.92 Å². The summed E-state index contributed by atoms with van der Waals surface area (Å²) in [6, 6.07) is 0. The molecule has 0 atom stereocenters. The van der Waals surface area contributed by atoms with Gasteiger partial charge >= 0.3 is 0 Å². The van der Waals surface area contributed by atoms with Crippen molar-refractivity contribution in [3.8, 4) is 5.75 Å². The zero-order valence-corrected chi connectivity index (χ0v) is 12.6. The number of aromatic nitrogens is 2. The fourth-order valence-electron chi connectivity index (χ4n) is 3.03. The molecular weight excluding hydrogens is 256 g/mol. The molecule has 1 heterocycles. The fraction of sp³-hybridized carbons (Fsp3) is 0.733. The lowest BCUT2D eigenvalue weighted by Crippen LogP contribution is -2.41. The van der Waals surface area contributed by atoms with Gasteiger partial charge in [0.15, 0.2) is 5.75 Å². The molecule has 0 radical (unpaired) electrons. The van der Waals surface area contributed by atoms with Gasteiger partial charge in [-0.3, -0.25) is 9.48 Å². The van der Waals surface area contributed by atoms with Crippen molar-refractivity contribution in [3.05, 3.63) is 11.9 Å². The van der Waals surface area contributed by atoms with Gasteiger partial charge in [0.25, 0.3) is 0 Å². The van der Waals surface area contributed by atoms with E-state index in [9.17, 15) is 4.79 Å². The van der Waals surface area contributed by atoms with Crippen LogP contribution < -0.4 is 4.74 Å². The number of carbonyl (C=O) groups is 1. The molecule has 0 aliphatic heterocycles. The molecule has 1 aromatic rings. The number of ether oxygens (including phenoxy) is 2. The number of methoxy groups -OCH3 is 2. The summed E-state index contributed by atoms with van der Waals surface area (Å²) in [6.07, 6.45) is 7.56. The lowest BCUT2D eigenvalue weighted by atomic mass is 9.87. The fourth-order valence-corrected chi connectivity index (χ4v) is 3.03. The molecule has 0 aromatic carbocycles. The number of carbonyl (C=O) groups excluding carboxylic acids is 1. The molecule has 1 aliphatic rings. The van der Waals surface area contributed by atoms with Crippen LogP contribution >= 0.6 is 0 Å². The maximum atomic E-state index is 13.1. The Hall–Kier alpha value is -1.36. The average Bonchev–Trinajstić information content (AvgIpc) is 2.74. The Morgan fingerprint density at radius 1 is 1.30 bits per heavy atom. The van der Waals surface area contributed by atoms with Crippen LogP contribution in [0.25, 0.3) is 0 Å². The van der Waals surface area contributed by atoms with Crippen molar-refractivity contribution in [1.29, 1.82) is 0 Å². The van der Waals surface area contributed by atoms with E-state index in [2.05, 4.69) is 5.10 Å². The first-order valence-corrected chi connectivity index (χ1v) is 7.38. The van der Waals surface area contributed by atoms with Crippen molar-refractivity contribution in [2.45, 2.75) is 57.6 Å². The number of hydrogen-bond donors (Lipinski definition) is 0. The summed E-state index contributed by atoms with van der Waals surface area (Å²) >= 11 is 0. The van der Waals surface area contributed by atoms with Gasteiger partial charge in [0.05, 0.1) is 13.3 Å². The molecule has 0 amide bonds. The van der Waals surface area contributed by atoms with Gasteiger partial charge in [0.2, 0.25) is 5.78 Å². The minimum atomic E-state index is -0.712. The van der Waals surface area contributed by atoms with Crippen molar-refractivity contribution in [3.63, 3.8) is 0 Å². The van der Waals surface area contributed by atoms with Gasteiger partial charge in [-0.25, -0.2) is 0 Å². The van der Waals surface area contributed by atoms with Crippen molar-refractivity contribution in [1.82, 2.24) is 9.78 Å².